The molecule has 1 aromatic rings. The molecule has 2 saturated carbocycles. The molecule has 1 aromatic carbocycles. The van der Waals surface area contributed by atoms with Crippen LogP contribution in [0.15, 0.2) is 38.8 Å². The lowest BCUT2D eigenvalue weighted by atomic mass is 9.77. The first-order valence-electron chi connectivity index (χ1n) is 11.5. The van der Waals surface area contributed by atoms with E-state index in [9.17, 15) is 26.7 Å². The number of sulfonamides is 1. The Balaban J connectivity index is 1.57. The second kappa shape index (κ2) is 7.81. The first-order valence-corrected chi connectivity index (χ1v) is 15.0. The third kappa shape index (κ3) is 3.82. The average Bonchev–Trinajstić information content (AvgIpc) is 3.32. The minimum atomic E-state index is -4.22. The van der Waals surface area contributed by atoms with Gasteiger partial charge in [0.2, 0.25) is 0 Å². The van der Waals surface area contributed by atoms with Crippen LogP contribution in [0.2, 0.25) is 0 Å². The summed E-state index contributed by atoms with van der Waals surface area (Å²) in [4.78, 5) is 15.3. The van der Waals surface area contributed by atoms with Crippen molar-refractivity contribution in [1.29, 1.82) is 0 Å². The molecule has 11 heteroatoms. The summed E-state index contributed by atoms with van der Waals surface area (Å²) in [5, 5.41) is 14.2. The van der Waals surface area contributed by atoms with Crippen LogP contribution in [0.4, 0.5) is 5.69 Å². The van der Waals surface area contributed by atoms with Crippen molar-refractivity contribution in [1.82, 2.24) is 4.90 Å². The van der Waals surface area contributed by atoms with Gasteiger partial charge in [-0.3, -0.25) is 4.79 Å². The highest BCUT2D eigenvalue weighted by Crippen LogP contribution is 2.55. The van der Waals surface area contributed by atoms with Gasteiger partial charge in [0.05, 0.1) is 11.4 Å². The van der Waals surface area contributed by atoms with Crippen LogP contribution >= 0.6 is 0 Å². The molecule has 2 heterocycles. The molecule has 2 aliphatic carbocycles. The van der Waals surface area contributed by atoms with Crippen LogP contribution in [-0.2, 0) is 30.4 Å². The first-order chi connectivity index (χ1) is 15.9. The van der Waals surface area contributed by atoms with E-state index in [1.54, 1.807) is 0 Å². The zero-order valence-electron chi connectivity index (χ0n) is 19.4. The second-order valence-electron chi connectivity index (χ2n) is 10.4. The Morgan fingerprint density at radius 1 is 1.24 bits per heavy atom. The number of anilines is 1. The van der Waals surface area contributed by atoms with E-state index < -0.39 is 25.8 Å². The Hall–Kier alpha value is -2.40. The number of carbonyl (C=O) groups excluding carboxylic acids is 1. The fraction of sp³-hybridized carbons (Fsp3) is 0.565. The number of rotatable bonds is 5. The number of benzene rings is 1. The molecule has 4 aliphatic rings. The molecule has 0 saturated heterocycles. The van der Waals surface area contributed by atoms with Gasteiger partial charge in [0, 0.05) is 24.8 Å². The highest BCUT2D eigenvalue weighted by Gasteiger charge is 2.57. The van der Waals surface area contributed by atoms with E-state index in [2.05, 4.69) is 9.71 Å². The number of hydrogen-bond acceptors (Lipinski definition) is 7. The molecule has 0 radical (unpaired) electrons. The van der Waals surface area contributed by atoms with E-state index in [1.807, 2.05) is 18.7 Å². The number of aliphatic hydroxyl groups excluding tert-OH is 1. The van der Waals surface area contributed by atoms with Crippen molar-refractivity contribution in [2.45, 2.75) is 49.8 Å². The van der Waals surface area contributed by atoms with Gasteiger partial charge in [-0.15, -0.1) is 4.40 Å². The Morgan fingerprint density at radius 2 is 1.94 bits per heavy atom. The van der Waals surface area contributed by atoms with E-state index in [-0.39, 0.29) is 57.3 Å². The van der Waals surface area contributed by atoms with Gasteiger partial charge in [0.15, 0.2) is 15.7 Å². The molecule has 2 N–H and O–H groups in total. The first kappa shape index (κ1) is 23.3. The maximum atomic E-state index is 13.6. The van der Waals surface area contributed by atoms with E-state index in [0.29, 0.717) is 18.0 Å². The van der Waals surface area contributed by atoms with Crippen molar-refractivity contribution in [2.75, 3.05) is 18.1 Å². The van der Waals surface area contributed by atoms with Crippen molar-refractivity contribution in [3.8, 4) is 0 Å². The zero-order valence-corrected chi connectivity index (χ0v) is 21.0. The topological polar surface area (TPSA) is 133 Å². The van der Waals surface area contributed by atoms with Crippen molar-refractivity contribution in [3.63, 3.8) is 0 Å². The molecule has 2 fully saturated rings. The Bertz CT molecular complexity index is 1350. The molecule has 2 aliphatic heterocycles. The minimum absolute atomic E-state index is 0.0657. The molecule has 4 atom stereocenters. The van der Waals surface area contributed by atoms with Crippen LogP contribution < -0.4 is 5.32 Å². The summed E-state index contributed by atoms with van der Waals surface area (Å²) in [5.74, 6) is -0.341. The highest BCUT2D eigenvalue weighted by atomic mass is 32.2. The Labute approximate surface area is 199 Å². The molecule has 0 spiro atoms. The van der Waals surface area contributed by atoms with E-state index in [1.165, 1.54) is 18.2 Å². The summed E-state index contributed by atoms with van der Waals surface area (Å²) in [7, 11) is -7.58. The number of hydrogen-bond donors (Lipinski definition) is 2. The molecule has 184 valence electrons. The van der Waals surface area contributed by atoms with E-state index >= 15 is 0 Å². The smallest absolute Gasteiger partial charge is 0.286 e. The lowest BCUT2D eigenvalue weighted by Gasteiger charge is -2.44. The van der Waals surface area contributed by atoms with Crippen molar-refractivity contribution in [2.24, 2.45) is 28.1 Å². The second-order valence-corrected chi connectivity index (χ2v) is 14.1. The number of fused-ring (bicyclic) bond motifs is 6. The number of aliphatic hydroxyl groups is 1. The molecule has 34 heavy (non-hydrogen) atoms. The highest BCUT2D eigenvalue weighted by molar-refractivity contribution is 7.90. The maximum Gasteiger partial charge on any atom is 0.286 e. The monoisotopic (exact) mass is 507 g/mol. The predicted molar refractivity (Wildman–Crippen MR) is 128 cm³/mol. The molecule has 1 amide bonds. The van der Waals surface area contributed by atoms with Crippen LogP contribution in [0.3, 0.4) is 0 Å². The van der Waals surface area contributed by atoms with Crippen molar-refractivity contribution < 1.29 is 26.7 Å². The standard InChI is InChI=1S/C23H29N3O6S2/c1-12(2)10-26-20-15-6-5-14(9-15)18(20)21(27)19(23(26)28)22-24-16-7-4-13(11-33(3,29)30)8-17(16)34(31,32)25-22/h4,7-8,12,14-15,18,20,27H,5-6,9-11H2,1-3H3,(H,24,25)/t14-,15+,18+,20-/m0/s1. The fourth-order valence-electron chi connectivity index (χ4n) is 6.17. The third-order valence-corrected chi connectivity index (χ3v) is 9.47. The summed E-state index contributed by atoms with van der Waals surface area (Å²) in [6.45, 7) is 4.57. The van der Waals surface area contributed by atoms with Gasteiger partial charge in [0.25, 0.3) is 15.9 Å². The number of carbonyl (C=O) groups is 1. The van der Waals surface area contributed by atoms with Gasteiger partial charge in [-0.1, -0.05) is 19.9 Å². The van der Waals surface area contributed by atoms with Gasteiger partial charge in [0.1, 0.15) is 16.2 Å². The molecule has 2 bridgehead atoms. The van der Waals surface area contributed by atoms with Gasteiger partial charge in [-0.2, -0.15) is 8.42 Å². The molecular formula is C23H29N3O6S2. The molecule has 0 unspecified atom stereocenters. The molecule has 0 aromatic heterocycles. The normalized spacial score (nSPS) is 29.7. The molecule has 5 rings (SSSR count). The van der Waals surface area contributed by atoms with E-state index in [4.69, 9.17) is 0 Å². The lowest BCUT2D eigenvalue weighted by Crippen LogP contribution is -2.55. The quantitative estimate of drug-likeness (QED) is 0.625. The summed E-state index contributed by atoms with van der Waals surface area (Å²) >= 11 is 0. The van der Waals surface area contributed by atoms with Crippen molar-refractivity contribution in [3.05, 3.63) is 35.1 Å². The number of nitrogens with zero attached hydrogens (tertiary/aromatic N) is 2. The number of amidine groups is 1. The van der Waals surface area contributed by atoms with Gasteiger partial charge in [-0.05, 0) is 54.7 Å². The van der Waals surface area contributed by atoms with Gasteiger partial charge < -0.3 is 15.3 Å². The number of sulfone groups is 1. The fourth-order valence-corrected chi connectivity index (χ4v) is 8.13. The third-order valence-electron chi connectivity index (χ3n) is 7.30. The minimum Gasteiger partial charge on any atom is -0.511 e. The summed E-state index contributed by atoms with van der Waals surface area (Å²) < 4.78 is 53.3. The maximum absolute atomic E-state index is 13.6. The van der Waals surface area contributed by atoms with Crippen LogP contribution in [0.1, 0.15) is 38.7 Å². The van der Waals surface area contributed by atoms with Crippen molar-refractivity contribution >= 4 is 37.3 Å². The van der Waals surface area contributed by atoms with Gasteiger partial charge >= 0.3 is 0 Å². The Kier molecular flexibility index (Phi) is 5.36. The van der Waals surface area contributed by atoms with Crippen LogP contribution in [-0.4, -0.2) is 57.4 Å². The summed E-state index contributed by atoms with van der Waals surface area (Å²) in [6.07, 6.45) is 4.05. The Morgan fingerprint density at radius 3 is 2.62 bits per heavy atom. The van der Waals surface area contributed by atoms with E-state index in [0.717, 1.165) is 25.5 Å². The molecule has 9 nitrogen and oxygen atoms in total. The average molecular weight is 508 g/mol. The van der Waals surface area contributed by atoms with Crippen LogP contribution in [0, 0.1) is 23.7 Å². The zero-order chi connectivity index (χ0) is 24.6. The number of nitrogens with one attached hydrogen (secondary N) is 1. The predicted octanol–water partition coefficient (Wildman–Crippen LogP) is 2.47. The van der Waals surface area contributed by atoms with Gasteiger partial charge in [-0.25, -0.2) is 8.42 Å². The molecular weight excluding hydrogens is 478 g/mol. The lowest BCUT2D eigenvalue weighted by molar-refractivity contribution is -0.134. The largest absolute Gasteiger partial charge is 0.511 e. The van der Waals surface area contributed by atoms with Crippen LogP contribution in [0.25, 0.3) is 0 Å². The summed E-state index contributed by atoms with van der Waals surface area (Å²) in [5.41, 5.74) is 0.443. The number of amides is 1. The van der Waals surface area contributed by atoms with Crippen LogP contribution in [0.5, 0.6) is 0 Å². The summed E-state index contributed by atoms with van der Waals surface area (Å²) in [6, 6.07) is 4.22. The SMILES string of the molecule is CC(C)CN1C(=O)C(C2=NS(=O)(=O)c3cc(CS(C)(=O)=O)ccc3N2)=C(O)[C@@H]2[C@H]3CC[C@H](C3)[C@@H]21.